The molecule has 4 aromatic rings. The van der Waals surface area contributed by atoms with E-state index in [2.05, 4.69) is 72.0 Å². The van der Waals surface area contributed by atoms with Gasteiger partial charge in [-0.1, -0.05) is 0 Å². The lowest BCUT2D eigenvalue weighted by Gasteiger charge is -2.40. The summed E-state index contributed by atoms with van der Waals surface area (Å²) < 4.78 is 0. The second-order valence-corrected chi connectivity index (χ2v) is 14.2. The number of hydrogen-bond acceptors (Lipinski definition) is 14. The fraction of sp³-hybridized carbons (Fsp3) is 0.526. The van der Waals surface area contributed by atoms with Crippen molar-refractivity contribution in [3.05, 3.63) is 78.4 Å². The Labute approximate surface area is 316 Å². The molecule has 4 fully saturated rings. The molecule has 4 aromatic heterocycles. The van der Waals surface area contributed by atoms with E-state index < -0.39 is 0 Å². The van der Waals surface area contributed by atoms with Gasteiger partial charge < -0.3 is 20.0 Å². The van der Waals surface area contributed by atoms with E-state index in [1.807, 2.05) is 18.5 Å². The molecule has 8 heterocycles. The zero-order chi connectivity index (χ0) is 36.7. The van der Waals surface area contributed by atoms with Crippen LogP contribution in [0.25, 0.3) is 0 Å². The lowest BCUT2D eigenvalue weighted by Crippen LogP contribution is -2.41. The molecule has 0 aromatic carbocycles. The lowest BCUT2D eigenvalue weighted by atomic mass is 9.79. The first kappa shape index (κ1) is 37.7. The minimum Gasteiger partial charge on any atom is -0.356 e. The van der Waals surface area contributed by atoms with Gasteiger partial charge in [0.05, 0.1) is 0 Å². The van der Waals surface area contributed by atoms with Crippen LogP contribution >= 0.6 is 11.6 Å². The van der Waals surface area contributed by atoms with Crippen molar-refractivity contribution in [1.82, 2.24) is 45.2 Å². The summed E-state index contributed by atoms with van der Waals surface area (Å²) in [6, 6.07) is 11.3. The highest BCUT2D eigenvalue weighted by Crippen LogP contribution is 2.34. The van der Waals surface area contributed by atoms with E-state index in [0.717, 1.165) is 80.5 Å². The average Bonchev–Trinajstić information content (AvgIpc) is 3.25. The molecule has 0 amide bonds. The Morgan fingerprint density at radius 3 is 1.32 bits per heavy atom. The summed E-state index contributed by atoms with van der Waals surface area (Å²) in [6.45, 7) is 8.58. The van der Waals surface area contributed by atoms with E-state index in [4.69, 9.17) is 22.1 Å². The number of nitriles is 2. The summed E-state index contributed by atoms with van der Waals surface area (Å²) in [5, 5.41) is 21.6. The predicted octanol–water partition coefficient (Wildman–Crippen LogP) is 4.97. The fourth-order valence-electron chi connectivity index (χ4n) is 7.98. The van der Waals surface area contributed by atoms with Crippen LogP contribution in [0.15, 0.2) is 61.7 Å². The van der Waals surface area contributed by atoms with Crippen LogP contribution in [-0.2, 0) is 0 Å². The van der Waals surface area contributed by atoms with Crippen LogP contribution in [0.2, 0.25) is 5.28 Å². The molecular weight excluding hydrogens is 688 g/mol. The van der Waals surface area contributed by atoms with Gasteiger partial charge in [-0.2, -0.15) is 10.5 Å². The number of hydrogen-bond donors (Lipinski definition) is 1. The monoisotopic (exact) mass is 734 g/mol. The number of rotatable bonds is 5. The van der Waals surface area contributed by atoms with E-state index in [1.165, 1.54) is 77.1 Å². The smallest absolute Gasteiger partial charge is 0.225 e. The number of halogens is 1. The van der Waals surface area contributed by atoms with Crippen LogP contribution < -0.4 is 20.0 Å². The van der Waals surface area contributed by atoms with Crippen molar-refractivity contribution in [1.29, 1.82) is 10.5 Å². The van der Waals surface area contributed by atoms with Crippen LogP contribution in [0, 0.1) is 46.3 Å². The fourth-order valence-corrected chi connectivity index (χ4v) is 8.10. The van der Waals surface area contributed by atoms with E-state index in [9.17, 15) is 0 Å². The standard InChI is InChI=1S/C19H23N7.C15H21N5.C4H3ClN2/c20-13-17-12-18(24-14-23-17)25-8-2-15(3-9-25)16-4-10-26(11-5-16)19-21-6-1-7-22-19;16-10-14-9-15(19-11-18-14)20-7-3-13(4-8-20)12-1-5-17-6-2-12;5-4-6-2-1-3-7-4/h1,6-7,12,14-16H,2-5,8-11H2;9,11-13,17H,1-8H2;1-3H. The van der Waals surface area contributed by atoms with Crippen LogP contribution in [0.1, 0.15) is 62.8 Å². The molecule has 0 aliphatic carbocycles. The topological polar surface area (TPSA) is 172 Å². The highest BCUT2D eigenvalue weighted by molar-refractivity contribution is 6.28. The minimum atomic E-state index is 0.294. The van der Waals surface area contributed by atoms with Crippen molar-refractivity contribution in [3.8, 4) is 12.1 Å². The van der Waals surface area contributed by atoms with Gasteiger partial charge in [-0.25, -0.2) is 39.9 Å². The molecule has 4 aliphatic rings. The second-order valence-electron chi connectivity index (χ2n) is 13.9. The molecule has 4 saturated heterocycles. The largest absolute Gasteiger partial charge is 0.356 e. The maximum atomic E-state index is 9.00. The second kappa shape index (κ2) is 19.7. The van der Waals surface area contributed by atoms with Crippen molar-refractivity contribution < 1.29 is 0 Å². The van der Waals surface area contributed by atoms with Gasteiger partial charge >= 0.3 is 0 Å². The number of piperidine rings is 4. The van der Waals surface area contributed by atoms with E-state index in [1.54, 1.807) is 30.6 Å². The summed E-state index contributed by atoms with van der Waals surface area (Å²) in [6.07, 6.45) is 19.8. The maximum Gasteiger partial charge on any atom is 0.225 e. The third kappa shape index (κ3) is 11.0. The average molecular weight is 735 g/mol. The molecule has 0 spiro atoms. The minimum absolute atomic E-state index is 0.294. The first-order valence-corrected chi connectivity index (χ1v) is 19.1. The van der Waals surface area contributed by atoms with Gasteiger partial charge in [0.1, 0.15) is 47.8 Å². The van der Waals surface area contributed by atoms with Crippen molar-refractivity contribution in [2.45, 2.75) is 51.4 Å². The Morgan fingerprint density at radius 2 is 0.925 bits per heavy atom. The zero-order valence-corrected chi connectivity index (χ0v) is 30.8. The quantitative estimate of drug-likeness (QED) is 0.273. The van der Waals surface area contributed by atoms with Gasteiger partial charge in [0.25, 0.3) is 0 Å². The SMILES string of the molecule is Clc1ncccn1.N#Cc1cc(N2CCC(C3CCN(c4ncccn4)CC3)CC2)ncn1.N#Cc1cc(N2CCC(C3CCNCC3)CC2)ncn1. The third-order valence-electron chi connectivity index (χ3n) is 10.9. The Balaban J connectivity index is 0.000000157. The van der Waals surface area contributed by atoms with Crippen molar-refractivity contribution in [3.63, 3.8) is 0 Å². The van der Waals surface area contributed by atoms with Gasteiger partial charge in [-0.05, 0) is 112 Å². The Bertz CT molecular complexity index is 1760. The molecule has 0 radical (unpaired) electrons. The number of nitrogens with zero attached hydrogens (tertiary/aromatic N) is 13. The molecule has 0 bridgehead atoms. The summed E-state index contributed by atoms with van der Waals surface area (Å²) in [5.41, 5.74) is 0.892. The molecule has 8 rings (SSSR count). The highest BCUT2D eigenvalue weighted by atomic mass is 35.5. The molecule has 4 aliphatic heterocycles. The van der Waals surface area contributed by atoms with Gasteiger partial charge in [0.15, 0.2) is 0 Å². The number of nitrogens with one attached hydrogen (secondary N) is 1. The summed E-state index contributed by atoms with van der Waals surface area (Å²) in [5.74, 6) is 5.98. The molecule has 0 saturated carbocycles. The Morgan fingerprint density at radius 1 is 0.528 bits per heavy atom. The molecular formula is C38H47ClN14. The van der Waals surface area contributed by atoms with Crippen LogP contribution in [0.4, 0.5) is 17.6 Å². The third-order valence-corrected chi connectivity index (χ3v) is 11.1. The van der Waals surface area contributed by atoms with Crippen LogP contribution in [0.5, 0.6) is 0 Å². The van der Waals surface area contributed by atoms with Crippen molar-refractivity contribution >= 4 is 29.2 Å². The molecule has 14 nitrogen and oxygen atoms in total. The lowest BCUT2D eigenvalue weighted by molar-refractivity contribution is 0.221. The number of aromatic nitrogens is 8. The predicted molar refractivity (Wildman–Crippen MR) is 203 cm³/mol. The first-order chi connectivity index (χ1) is 26.1. The molecule has 1 N–H and O–H groups in total. The van der Waals surface area contributed by atoms with Gasteiger partial charge in [0, 0.05) is 76.2 Å². The van der Waals surface area contributed by atoms with Crippen LogP contribution in [-0.4, -0.2) is 92.2 Å². The van der Waals surface area contributed by atoms with Crippen LogP contribution in [0.3, 0.4) is 0 Å². The Hall–Kier alpha value is -5.05. The van der Waals surface area contributed by atoms with E-state index in [0.29, 0.717) is 16.7 Å². The summed E-state index contributed by atoms with van der Waals surface area (Å²) >= 11 is 5.32. The van der Waals surface area contributed by atoms with Crippen molar-refractivity contribution in [2.75, 3.05) is 67.1 Å². The van der Waals surface area contributed by atoms with E-state index >= 15 is 0 Å². The summed E-state index contributed by atoms with van der Waals surface area (Å²) in [4.78, 5) is 39.4. The van der Waals surface area contributed by atoms with Gasteiger partial charge in [0.2, 0.25) is 11.2 Å². The zero-order valence-electron chi connectivity index (χ0n) is 30.1. The molecule has 53 heavy (non-hydrogen) atoms. The van der Waals surface area contributed by atoms with Gasteiger partial charge in [-0.3, -0.25) is 0 Å². The first-order valence-electron chi connectivity index (χ1n) is 18.7. The van der Waals surface area contributed by atoms with Gasteiger partial charge in [-0.15, -0.1) is 0 Å². The molecule has 0 unspecified atom stereocenters. The maximum absolute atomic E-state index is 9.00. The molecule has 15 heteroatoms. The summed E-state index contributed by atoms with van der Waals surface area (Å²) in [7, 11) is 0. The van der Waals surface area contributed by atoms with E-state index in [-0.39, 0.29) is 0 Å². The molecule has 276 valence electrons. The Kier molecular flexibility index (Phi) is 14.0. The normalized spacial score (nSPS) is 18.8. The highest BCUT2D eigenvalue weighted by Gasteiger charge is 2.31. The van der Waals surface area contributed by atoms with Crippen molar-refractivity contribution in [2.24, 2.45) is 23.7 Å². The number of anilines is 3. The molecule has 0 atom stereocenters.